The minimum atomic E-state index is -1.59. The molecule has 3 aromatic carbocycles. The standard InChI is InChI=1S/C40H42Cl2N4O6/c1-40(24-47,39(48)49)45-20-28-15-33(41)37(16-36(28)51-23-27-14-26(17-43)18-44-19-27)52-34-12-11-30-29(7-3-8-31(30)34)32-9-4-10-35(38(32)42)50-22-25-6-5-13-46(2)21-25/h3-4,7-10,14-16,18-19,25,34,45,47H,5-6,11-13,20-24H2,1-2H3,(H,48,49)/t25?,34?,40-/m1/s1. The fourth-order valence-corrected chi connectivity index (χ4v) is 7.32. The Kier molecular flexibility index (Phi) is 11.9. The molecular formula is C40H42Cl2N4O6. The number of benzene rings is 3. The number of nitrogens with zero attached hydrogens (tertiary/aromatic N) is 3. The smallest absolute Gasteiger partial charge is 0.326 e. The third-order valence-corrected chi connectivity index (χ3v) is 10.5. The van der Waals surface area contributed by atoms with Crippen molar-refractivity contribution in [3.05, 3.63) is 105 Å². The van der Waals surface area contributed by atoms with Gasteiger partial charge in [0.2, 0.25) is 0 Å². The molecule has 52 heavy (non-hydrogen) atoms. The number of nitrogens with one attached hydrogen (secondary N) is 1. The molecule has 3 atom stereocenters. The van der Waals surface area contributed by atoms with Crippen LogP contribution in [-0.2, 0) is 24.4 Å². The Bertz CT molecular complexity index is 1970. The molecule has 272 valence electrons. The maximum Gasteiger partial charge on any atom is 0.326 e. The number of aliphatic hydroxyl groups excluding tert-OH is 1. The van der Waals surface area contributed by atoms with Crippen LogP contribution in [0.3, 0.4) is 0 Å². The number of carbonyl (C=O) groups is 1. The second-order valence-corrected chi connectivity index (χ2v) is 14.5. The summed E-state index contributed by atoms with van der Waals surface area (Å²) in [7, 11) is 2.15. The lowest BCUT2D eigenvalue weighted by molar-refractivity contribution is -0.145. The first kappa shape index (κ1) is 37.4. The fraction of sp³-hybridized carbons (Fsp3) is 0.375. The van der Waals surface area contributed by atoms with Gasteiger partial charge in [0, 0.05) is 54.2 Å². The molecule has 0 amide bonds. The molecule has 3 N–H and O–H groups in total. The van der Waals surface area contributed by atoms with Gasteiger partial charge in [0.05, 0.1) is 28.8 Å². The largest absolute Gasteiger partial charge is 0.492 e. The van der Waals surface area contributed by atoms with Gasteiger partial charge in [-0.1, -0.05) is 53.5 Å². The van der Waals surface area contributed by atoms with Gasteiger partial charge in [-0.2, -0.15) is 5.26 Å². The summed E-state index contributed by atoms with van der Waals surface area (Å²) >= 11 is 13.8. The van der Waals surface area contributed by atoms with Crippen molar-refractivity contribution >= 4 is 29.2 Å². The van der Waals surface area contributed by atoms with Gasteiger partial charge in [-0.3, -0.25) is 15.1 Å². The monoisotopic (exact) mass is 744 g/mol. The molecule has 10 nitrogen and oxygen atoms in total. The summed E-state index contributed by atoms with van der Waals surface area (Å²) in [6.45, 7) is 3.66. The number of rotatable bonds is 14. The summed E-state index contributed by atoms with van der Waals surface area (Å²) in [5.41, 5.74) is 4.18. The first-order chi connectivity index (χ1) is 25.1. The molecule has 1 aliphatic heterocycles. The number of aliphatic hydroxyl groups is 1. The summed E-state index contributed by atoms with van der Waals surface area (Å²) in [5.74, 6) is 0.753. The number of ether oxygens (including phenoxy) is 3. The number of aliphatic carboxylic acids is 1. The number of carboxylic acids is 1. The Hall–Kier alpha value is -4.37. The van der Waals surface area contributed by atoms with E-state index >= 15 is 0 Å². The lowest BCUT2D eigenvalue weighted by Gasteiger charge is -2.29. The van der Waals surface area contributed by atoms with Crippen LogP contribution in [0.1, 0.15) is 60.1 Å². The van der Waals surface area contributed by atoms with Gasteiger partial charge in [-0.25, -0.2) is 0 Å². The Morgan fingerprint density at radius 3 is 2.65 bits per heavy atom. The molecule has 0 bridgehead atoms. The Labute approximate surface area is 313 Å². The van der Waals surface area contributed by atoms with Crippen molar-refractivity contribution in [3.63, 3.8) is 0 Å². The van der Waals surface area contributed by atoms with Gasteiger partial charge >= 0.3 is 5.97 Å². The highest BCUT2D eigenvalue weighted by Gasteiger charge is 2.33. The summed E-state index contributed by atoms with van der Waals surface area (Å²) in [6, 6.07) is 19.2. The van der Waals surface area contributed by atoms with Crippen LogP contribution < -0.4 is 19.5 Å². The van der Waals surface area contributed by atoms with Crippen molar-refractivity contribution in [3.8, 4) is 34.4 Å². The number of hydrogen-bond donors (Lipinski definition) is 3. The predicted molar refractivity (Wildman–Crippen MR) is 199 cm³/mol. The van der Waals surface area contributed by atoms with Gasteiger partial charge in [0.25, 0.3) is 0 Å². The normalized spacial score (nSPS) is 18.2. The lowest BCUT2D eigenvalue weighted by atomic mass is 9.96. The van der Waals surface area contributed by atoms with Crippen molar-refractivity contribution in [1.29, 1.82) is 5.26 Å². The zero-order valence-electron chi connectivity index (χ0n) is 29.2. The summed E-state index contributed by atoms with van der Waals surface area (Å²) in [6.07, 6.45) is 6.58. The number of halogens is 2. The summed E-state index contributed by atoms with van der Waals surface area (Å²) in [5, 5.41) is 32.6. The first-order valence-corrected chi connectivity index (χ1v) is 18.1. The number of piperidine rings is 1. The van der Waals surface area contributed by atoms with Crippen molar-refractivity contribution in [1.82, 2.24) is 15.2 Å². The van der Waals surface area contributed by atoms with E-state index in [0.717, 1.165) is 48.2 Å². The van der Waals surface area contributed by atoms with Crippen molar-refractivity contribution in [2.24, 2.45) is 5.92 Å². The second-order valence-electron chi connectivity index (χ2n) is 13.7. The number of nitriles is 1. The molecule has 0 spiro atoms. The molecule has 1 aromatic heterocycles. The van der Waals surface area contributed by atoms with E-state index in [1.807, 2.05) is 24.3 Å². The SMILES string of the molecule is CN1CCCC(COc2cccc(-c3cccc4c3CCC4Oc3cc(OCc4cncc(C#N)c4)c(CN[C@](C)(CO)C(=O)O)cc3Cl)c2Cl)C1. The van der Waals surface area contributed by atoms with E-state index in [-0.39, 0.29) is 19.3 Å². The molecule has 6 rings (SSSR count). The average molecular weight is 746 g/mol. The van der Waals surface area contributed by atoms with Crippen LogP contribution >= 0.6 is 23.2 Å². The van der Waals surface area contributed by atoms with Crippen LogP contribution in [0.2, 0.25) is 10.0 Å². The summed E-state index contributed by atoms with van der Waals surface area (Å²) in [4.78, 5) is 18.3. The molecule has 0 radical (unpaired) electrons. The van der Waals surface area contributed by atoms with Crippen LogP contribution in [0, 0.1) is 17.2 Å². The highest BCUT2D eigenvalue weighted by molar-refractivity contribution is 6.35. The fourth-order valence-electron chi connectivity index (χ4n) is 6.81. The molecule has 1 saturated heterocycles. The third-order valence-electron chi connectivity index (χ3n) is 9.83. The second kappa shape index (κ2) is 16.5. The zero-order valence-corrected chi connectivity index (χ0v) is 30.7. The molecule has 12 heteroatoms. The molecule has 2 heterocycles. The van der Waals surface area contributed by atoms with Crippen LogP contribution in [0.4, 0.5) is 0 Å². The van der Waals surface area contributed by atoms with Crippen molar-refractivity contribution < 1.29 is 29.2 Å². The Balaban J connectivity index is 1.24. The van der Waals surface area contributed by atoms with E-state index in [9.17, 15) is 20.3 Å². The molecule has 1 aliphatic carbocycles. The van der Waals surface area contributed by atoms with Crippen LogP contribution in [0.15, 0.2) is 67.0 Å². The Morgan fingerprint density at radius 1 is 1.08 bits per heavy atom. The first-order valence-electron chi connectivity index (χ1n) is 17.4. The van der Waals surface area contributed by atoms with E-state index in [0.29, 0.717) is 62.9 Å². The topological polar surface area (TPSA) is 137 Å². The van der Waals surface area contributed by atoms with E-state index < -0.39 is 18.1 Å². The minimum absolute atomic E-state index is 0.0338. The van der Waals surface area contributed by atoms with Crippen molar-refractivity contribution in [2.45, 2.75) is 57.4 Å². The predicted octanol–water partition coefficient (Wildman–Crippen LogP) is 7.22. The van der Waals surface area contributed by atoms with E-state index in [2.05, 4.69) is 40.5 Å². The van der Waals surface area contributed by atoms with E-state index in [1.165, 1.54) is 19.5 Å². The number of fused-ring (bicyclic) bond motifs is 1. The van der Waals surface area contributed by atoms with Gasteiger partial charge in [0.1, 0.15) is 41.6 Å². The third kappa shape index (κ3) is 8.46. The average Bonchev–Trinajstić information content (AvgIpc) is 3.56. The Morgan fingerprint density at radius 2 is 1.88 bits per heavy atom. The van der Waals surface area contributed by atoms with Gasteiger partial charge < -0.3 is 29.3 Å². The lowest BCUT2D eigenvalue weighted by Crippen LogP contribution is -2.52. The van der Waals surface area contributed by atoms with Crippen LogP contribution in [-0.4, -0.2) is 65.0 Å². The number of hydrogen-bond acceptors (Lipinski definition) is 9. The quantitative estimate of drug-likeness (QED) is 0.121. The van der Waals surface area contributed by atoms with Crippen molar-refractivity contribution in [2.75, 3.05) is 33.4 Å². The van der Waals surface area contributed by atoms with Gasteiger partial charge in [-0.05, 0) is 81.1 Å². The number of carboxylic acid groups (broad SMARTS) is 1. The summed E-state index contributed by atoms with van der Waals surface area (Å²) < 4.78 is 19.1. The van der Waals surface area contributed by atoms with Crippen LogP contribution in [0.5, 0.6) is 17.2 Å². The number of aromatic nitrogens is 1. The van der Waals surface area contributed by atoms with E-state index in [4.69, 9.17) is 37.4 Å². The highest BCUT2D eigenvalue weighted by Crippen LogP contribution is 2.45. The van der Waals surface area contributed by atoms with E-state index in [1.54, 1.807) is 24.4 Å². The molecule has 0 saturated carbocycles. The molecule has 4 aromatic rings. The molecule has 2 aliphatic rings. The van der Waals surface area contributed by atoms with Gasteiger partial charge in [0.15, 0.2) is 0 Å². The highest BCUT2D eigenvalue weighted by atomic mass is 35.5. The van der Waals surface area contributed by atoms with Gasteiger partial charge in [-0.15, -0.1) is 0 Å². The zero-order chi connectivity index (χ0) is 36.8. The van der Waals surface area contributed by atoms with Crippen LogP contribution in [0.25, 0.3) is 11.1 Å². The number of pyridine rings is 1. The molecular weight excluding hydrogens is 703 g/mol. The number of likely N-dealkylation sites (tertiary alicyclic amines) is 1. The molecule has 2 unspecified atom stereocenters. The maximum absolute atomic E-state index is 11.8. The minimum Gasteiger partial charge on any atom is -0.492 e. The molecule has 1 fully saturated rings. The maximum atomic E-state index is 11.8.